The van der Waals surface area contributed by atoms with E-state index < -0.39 is 15.2 Å². The second-order valence-corrected chi connectivity index (χ2v) is 2.93. The summed E-state index contributed by atoms with van der Waals surface area (Å²) < 4.78 is 9.98. The SMILES string of the molecule is CCCCC[CH2][Al]=[O]. The fourth-order valence-electron chi connectivity index (χ4n) is 0.654. The predicted octanol–water partition coefficient (Wildman–Crippen LogP) is 2.03. The molecule has 0 unspecified atom stereocenters. The Morgan fingerprint density at radius 3 is 2.50 bits per heavy atom. The molecule has 0 aromatic heterocycles. The van der Waals surface area contributed by atoms with Crippen molar-refractivity contribution in [1.29, 1.82) is 0 Å². The summed E-state index contributed by atoms with van der Waals surface area (Å²) in [7, 11) is 0. The fourth-order valence-corrected chi connectivity index (χ4v) is 1.11. The van der Waals surface area contributed by atoms with E-state index >= 15 is 0 Å². The molecule has 0 aliphatic heterocycles. The molecule has 46 valence electrons. The molecule has 8 heavy (non-hydrogen) atoms. The normalized spacial score (nSPS) is 8.62. The second kappa shape index (κ2) is 7.33. The molecule has 0 bridgehead atoms. The summed E-state index contributed by atoms with van der Waals surface area (Å²) in [6.07, 6.45) is 5.02. The van der Waals surface area contributed by atoms with Gasteiger partial charge in [-0.05, 0) is 0 Å². The number of rotatable bonds is 5. The van der Waals surface area contributed by atoms with Gasteiger partial charge in [0.1, 0.15) is 0 Å². The van der Waals surface area contributed by atoms with E-state index in [1.807, 2.05) is 0 Å². The van der Waals surface area contributed by atoms with Gasteiger partial charge in [0.2, 0.25) is 0 Å². The Hall–Kier alpha value is 0.332. The van der Waals surface area contributed by atoms with Gasteiger partial charge in [0.05, 0.1) is 0 Å². The van der Waals surface area contributed by atoms with Crippen LogP contribution >= 0.6 is 0 Å². The minimum atomic E-state index is -0.472. The monoisotopic (exact) mass is 128 g/mol. The number of hydrogen-bond donors (Lipinski definition) is 0. The molecule has 0 atom stereocenters. The summed E-state index contributed by atoms with van der Waals surface area (Å²) in [4.78, 5) is 0. The van der Waals surface area contributed by atoms with Crippen LogP contribution in [0.3, 0.4) is 0 Å². The molecule has 0 spiro atoms. The third kappa shape index (κ3) is 6.33. The van der Waals surface area contributed by atoms with E-state index in [0.29, 0.717) is 0 Å². The van der Waals surface area contributed by atoms with Gasteiger partial charge in [-0.15, -0.1) is 0 Å². The Morgan fingerprint density at radius 1 is 1.25 bits per heavy atom. The molecular weight excluding hydrogens is 115 g/mol. The first-order valence-corrected chi connectivity index (χ1v) is 4.64. The van der Waals surface area contributed by atoms with Crippen LogP contribution in [0.4, 0.5) is 0 Å². The van der Waals surface area contributed by atoms with Crippen LogP contribution in [0.2, 0.25) is 5.28 Å². The molecular formula is C6H13AlO. The molecule has 0 aromatic carbocycles. The Kier molecular flexibility index (Phi) is 7.64. The zero-order chi connectivity index (χ0) is 6.24. The molecule has 0 aromatic rings. The van der Waals surface area contributed by atoms with Gasteiger partial charge in [-0.3, -0.25) is 0 Å². The molecule has 0 heterocycles. The summed E-state index contributed by atoms with van der Waals surface area (Å²) in [6.45, 7) is 2.18. The topological polar surface area (TPSA) is 17.1 Å². The van der Waals surface area contributed by atoms with Crippen molar-refractivity contribution in [3.8, 4) is 0 Å². The van der Waals surface area contributed by atoms with Crippen LogP contribution in [-0.4, -0.2) is 15.2 Å². The van der Waals surface area contributed by atoms with E-state index in [1.54, 1.807) is 0 Å². The third-order valence-corrected chi connectivity index (χ3v) is 1.82. The minimum absolute atomic E-state index is 0.472. The third-order valence-electron chi connectivity index (χ3n) is 1.18. The van der Waals surface area contributed by atoms with E-state index in [4.69, 9.17) is 0 Å². The zero-order valence-corrected chi connectivity index (χ0v) is 6.68. The first kappa shape index (κ1) is 8.33. The van der Waals surface area contributed by atoms with Crippen LogP contribution in [0, 0.1) is 0 Å². The van der Waals surface area contributed by atoms with E-state index in [-0.39, 0.29) is 0 Å². The molecule has 2 heteroatoms. The van der Waals surface area contributed by atoms with Crippen LogP contribution in [0.5, 0.6) is 0 Å². The van der Waals surface area contributed by atoms with Crippen molar-refractivity contribution in [3.63, 3.8) is 0 Å². The molecule has 0 aliphatic carbocycles. The van der Waals surface area contributed by atoms with E-state index in [0.717, 1.165) is 5.28 Å². The first-order valence-electron chi connectivity index (χ1n) is 3.35. The zero-order valence-electron chi connectivity index (χ0n) is 5.52. The van der Waals surface area contributed by atoms with Crippen molar-refractivity contribution in [3.05, 3.63) is 0 Å². The van der Waals surface area contributed by atoms with Crippen LogP contribution < -0.4 is 0 Å². The van der Waals surface area contributed by atoms with Gasteiger partial charge in [-0.2, -0.15) is 0 Å². The van der Waals surface area contributed by atoms with Crippen molar-refractivity contribution in [1.82, 2.24) is 0 Å². The Balaban J connectivity index is 2.62. The summed E-state index contributed by atoms with van der Waals surface area (Å²) in [5, 5.41) is 0.958. The van der Waals surface area contributed by atoms with Gasteiger partial charge in [0.15, 0.2) is 0 Å². The van der Waals surface area contributed by atoms with Gasteiger partial charge in [-0.25, -0.2) is 0 Å². The van der Waals surface area contributed by atoms with Crippen LogP contribution in [0.25, 0.3) is 0 Å². The van der Waals surface area contributed by atoms with Crippen LogP contribution in [0.15, 0.2) is 0 Å². The Bertz CT molecular complexity index is 54.5. The number of unbranched alkanes of at least 4 members (excludes halogenated alkanes) is 3. The Labute approximate surface area is 57.4 Å². The van der Waals surface area contributed by atoms with Gasteiger partial charge < -0.3 is 0 Å². The summed E-state index contributed by atoms with van der Waals surface area (Å²) in [5.41, 5.74) is 0. The van der Waals surface area contributed by atoms with Crippen LogP contribution in [0.1, 0.15) is 32.6 Å². The average molecular weight is 128 g/mol. The van der Waals surface area contributed by atoms with E-state index in [1.165, 1.54) is 25.7 Å². The van der Waals surface area contributed by atoms with E-state index in [9.17, 15) is 3.80 Å². The molecule has 0 N–H and O–H groups in total. The molecule has 0 rings (SSSR count). The maximum absolute atomic E-state index is 9.98. The molecule has 0 aliphatic rings. The first-order chi connectivity index (χ1) is 3.91. The summed E-state index contributed by atoms with van der Waals surface area (Å²) in [6, 6.07) is 0. The van der Waals surface area contributed by atoms with Crippen molar-refractivity contribution in [2.45, 2.75) is 37.9 Å². The van der Waals surface area contributed by atoms with Crippen molar-refractivity contribution >= 4 is 15.2 Å². The number of hydrogen-bond acceptors (Lipinski definition) is 1. The van der Waals surface area contributed by atoms with Gasteiger partial charge >= 0.3 is 56.8 Å². The average Bonchev–Trinajstić information content (AvgIpc) is 1.81. The van der Waals surface area contributed by atoms with Gasteiger partial charge in [0, 0.05) is 0 Å². The molecule has 0 saturated heterocycles. The molecule has 1 nitrogen and oxygen atoms in total. The standard InChI is InChI=1S/C6H13.Al.O/c1-3-5-6-4-2;;/h1,3-6H2,2H3;;. The van der Waals surface area contributed by atoms with Crippen LogP contribution in [-0.2, 0) is 3.80 Å². The molecule has 0 fully saturated rings. The van der Waals surface area contributed by atoms with E-state index in [2.05, 4.69) is 6.92 Å². The Morgan fingerprint density at radius 2 is 2.00 bits per heavy atom. The summed E-state index contributed by atoms with van der Waals surface area (Å²) in [5.74, 6) is 0. The quantitative estimate of drug-likeness (QED) is 0.409. The van der Waals surface area contributed by atoms with Crippen molar-refractivity contribution in [2.75, 3.05) is 0 Å². The predicted molar refractivity (Wildman–Crippen MR) is 35.4 cm³/mol. The second-order valence-electron chi connectivity index (χ2n) is 2.02. The molecule has 0 amide bonds. The molecule has 0 saturated carbocycles. The van der Waals surface area contributed by atoms with Gasteiger partial charge in [-0.1, -0.05) is 0 Å². The van der Waals surface area contributed by atoms with Crippen molar-refractivity contribution in [2.24, 2.45) is 0 Å². The fraction of sp³-hybridized carbons (Fsp3) is 1.00. The van der Waals surface area contributed by atoms with Gasteiger partial charge in [0.25, 0.3) is 0 Å². The summed E-state index contributed by atoms with van der Waals surface area (Å²) >= 11 is -0.472. The maximum atomic E-state index is 9.98. The van der Waals surface area contributed by atoms with Crippen molar-refractivity contribution < 1.29 is 3.80 Å². The molecule has 0 radical (unpaired) electrons.